The number of carbonyl (C=O) groups is 2. The van der Waals surface area contributed by atoms with Gasteiger partial charge in [-0.25, -0.2) is 0 Å². The van der Waals surface area contributed by atoms with E-state index in [0.717, 1.165) is 6.54 Å². The van der Waals surface area contributed by atoms with Crippen molar-refractivity contribution in [2.45, 2.75) is 52.0 Å². The van der Waals surface area contributed by atoms with E-state index in [1.807, 2.05) is 24.3 Å². The van der Waals surface area contributed by atoms with Gasteiger partial charge >= 0.3 is 0 Å². The summed E-state index contributed by atoms with van der Waals surface area (Å²) in [5.41, 5.74) is 1.83. The first-order valence-electron chi connectivity index (χ1n) is 8.35. The van der Waals surface area contributed by atoms with Gasteiger partial charge in [-0.2, -0.15) is 0 Å². The van der Waals surface area contributed by atoms with Gasteiger partial charge in [-0.1, -0.05) is 32.9 Å². The van der Waals surface area contributed by atoms with Crippen LogP contribution in [0.1, 0.15) is 56.5 Å². The average molecular weight is 316 g/mol. The molecule has 1 saturated carbocycles. The maximum Gasteiger partial charge on any atom is 0.251 e. The molecule has 0 bridgehead atoms. The zero-order valence-electron chi connectivity index (χ0n) is 14.8. The molecule has 2 rings (SSSR count). The van der Waals surface area contributed by atoms with Crippen molar-refractivity contribution < 1.29 is 9.59 Å². The molecule has 0 aliphatic heterocycles. The molecule has 2 amide bonds. The van der Waals surface area contributed by atoms with Crippen molar-refractivity contribution in [3.63, 3.8) is 0 Å². The minimum atomic E-state index is -0.506. The highest BCUT2D eigenvalue weighted by molar-refractivity contribution is 5.97. The molecule has 0 saturated heterocycles. The van der Waals surface area contributed by atoms with Crippen molar-refractivity contribution in [2.24, 2.45) is 5.92 Å². The Labute approximate surface area is 139 Å². The molecule has 1 aliphatic carbocycles. The summed E-state index contributed by atoms with van der Waals surface area (Å²) in [6.45, 7) is 8.95. The van der Waals surface area contributed by atoms with Crippen LogP contribution >= 0.6 is 0 Å². The molecule has 4 nitrogen and oxygen atoms in total. The van der Waals surface area contributed by atoms with Gasteiger partial charge < -0.3 is 10.2 Å². The minimum absolute atomic E-state index is 0.0310. The highest BCUT2D eigenvalue weighted by Crippen LogP contribution is 2.29. The number of nitrogens with one attached hydrogen (secondary N) is 1. The standard InChI is InChI=1S/C19H28N2O2/c1-13(18(23)21(5)12-14-6-7-14)20-17(22)15-8-10-16(11-9-15)19(2,3)4/h8-11,13-14H,6-7,12H2,1-5H3,(H,20,22). The fourth-order valence-corrected chi connectivity index (χ4v) is 2.57. The summed E-state index contributed by atoms with van der Waals surface area (Å²) in [5, 5.41) is 2.80. The summed E-state index contributed by atoms with van der Waals surface area (Å²) >= 11 is 0. The van der Waals surface area contributed by atoms with Crippen LogP contribution in [0.15, 0.2) is 24.3 Å². The van der Waals surface area contributed by atoms with Gasteiger partial charge in [0.2, 0.25) is 5.91 Å². The molecule has 0 heterocycles. The van der Waals surface area contributed by atoms with Crippen LogP contribution < -0.4 is 5.32 Å². The van der Waals surface area contributed by atoms with Gasteiger partial charge in [0.25, 0.3) is 5.91 Å². The van der Waals surface area contributed by atoms with Crippen LogP contribution in [0, 0.1) is 5.92 Å². The number of carbonyl (C=O) groups excluding carboxylic acids is 2. The Morgan fingerprint density at radius 2 is 1.78 bits per heavy atom. The van der Waals surface area contributed by atoms with Crippen LogP contribution in [0.25, 0.3) is 0 Å². The van der Waals surface area contributed by atoms with Crippen LogP contribution in [0.4, 0.5) is 0 Å². The zero-order chi connectivity index (χ0) is 17.2. The molecular weight excluding hydrogens is 288 g/mol. The Morgan fingerprint density at radius 1 is 1.22 bits per heavy atom. The number of benzene rings is 1. The monoisotopic (exact) mass is 316 g/mol. The molecule has 23 heavy (non-hydrogen) atoms. The number of rotatable bonds is 5. The first-order chi connectivity index (χ1) is 10.7. The van der Waals surface area contributed by atoms with E-state index in [1.54, 1.807) is 18.9 Å². The second-order valence-electron chi connectivity index (χ2n) is 7.68. The predicted molar refractivity (Wildman–Crippen MR) is 92.4 cm³/mol. The number of hydrogen-bond donors (Lipinski definition) is 1. The van der Waals surface area contributed by atoms with E-state index in [4.69, 9.17) is 0 Å². The first kappa shape index (κ1) is 17.5. The van der Waals surface area contributed by atoms with Crippen LogP contribution in [-0.4, -0.2) is 36.3 Å². The van der Waals surface area contributed by atoms with E-state index in [9.17, 15) is 9.59 Å². The lowest BCUT2D eigenvalue weighted by atomic mass is 9.86. The molecule has 4 heteroatoms. The first-order valence-corrected chi connectivity index (χ1v) is 8.35. The molecule has 1 unspecified atom stereocenters. The number of likely N-dealkylation sites (N-methyl/N-ethyl adjacent to an activating group) is 1. The largest absolute Gasteiger partial charge is 0.344 e. The third kappa shape index (κ3) is 4.81. The summed E-state index contributed by atoms with van der Waals surface area (Å²) in [7, 11) is 1.81. The van der Waals surface area contributed by atoms with Gasteiger partial charge in [-0.15, -0.1) is 0 Å². The summed E-state index contributed by atoms with van der Waals surface area (Å²) in [4.78, 5) is 26.3. The van der Waals surface area contributed by atoms with Gasteiger partial charge in [-0.05, 0) is 48.8 Å². The Morgan fingerprint density at radius 3 is 2.26 bits per heavy atom. The smallest absolute Gasteiger partial charge is 0.251 e. The van der Waals surface area contributed by atoms with Gasteiger partial charge in [0, 0.05) is 19.2 Å². The van der Waals surface area contributed by atoms with Crippen molar-refractivity contribution in [1.82, 2.24) is 10.2 Å². The Hall–Kier alpha value is -1.84. The maximum absolute atomic E-state index is 12.3. The highest BCUT2D eigenvalue weighted by atomic mass is 16.2. The molecule has 0 aromatic heterocycles. The van der Waals surface area contributed by atoms with Crippen molar-refractivity contribution in [2.75, 3.05) is 13.6 Å². The van der Waals surface area contributed by atoms with E-state index in [0.29, 0.717) is 11.5 Å². The van der Waals surface area contributed by atoms with Crippen molar-refractivity contribution >= 4 is 11.8 Å². The molecule has 1 aromatic rings. The van der Waals surface area contributed by atoms with E-state index in [2.05, 4.69) is 26.1 Å². The van der Waals surface area contributed by atoms with Crippen LogP contribution in [-0.2, 0) is 10.2 Å². The van der Waals surface area contributed by atoms with Crippen LogP contribution in [0.3, 0.4) is 0 Å². The summed E-state index contributed by atoms with van der Waals surface area (Å²) in [6.07, 6.45) is 2.41. The second-order valence-corrected chi connectivity index (χ2v) is 7.68. The third-order valence-electron chi connectivity index (χ3n) is 4.34. The van der Waals surface area contributed by atoms with E-state index in [-0.39, 0.29) is 17.2 Å². The molecule has 0 radical (unpaired) electrons. The van der Waals surface area contributed by atoms with Crippen molar-refractivity contribution in [1.29, 1.82) is 0 Å². The fourth-order valence-electron chi connectivity index (χ4n) is 2.57. The zero-order valence-corrected chi connectivity index (χ0v) is 14.8. The second kappa shape index (κ2) is 6.73. The van der Waals surface area contributed by atoms with Crippen molar-refractivity contribution in [3.05, 3.63) is 35.4 Å². The summed E-state index contributed by atoms with van der Waals surface area (Å²) < 4.78 is 0. The molecule has 1 aliphatic rings. The number of amides is 2. The quantitative estimate of drug-likeness (QED) is 0.908. The normalized spacial score (nSPS) is 15.9. The molecule has 1 aromatic carbocycles. The lowest BCUT2D eigenvalue weighted by Crippen LogP contribution is -2.46. The summed E-state index contributed by atoms with van der Waals surface area (Å²) in [5.74, 6) is 0.416. The highest BCUT2D eigenvalue weighted by Gasteiger charge is 2.27. The summed E-state index contributed by atoms with van der Waals surface area (Å²) in [6, 6.07) is 7.08. The molecule has 126 valence electrons. The number of hydrogen-bond acceptors (Lipinski definition) is 2. The van der Waals surface area contributed by atoms with Gasteiger partial charge in [0.15, 0.2) is 0 Å². The number of nitrogens with zero attached hydrogens (tertiary/aromatic N) is 1. The molecule has 0 spiro atoms. The van der Waals surface area contributed by atoms with E-state index >= 15 is 0 Å². The van der Waals surface area contributed by atoms with Crippen LogP contribution in [0.2, 0.25) is 0 Å². The van der Waals surface area contributed by atoms with Gasteiger partial charge in [0.1, 0.15) is 6.04 Å². The Kier molecular flexibility index (Phi) is 5.12. The molecule has 1 N–H and O–H groups in total. The Balaban J connectivity index is 1.93. The van der Waals surface area contributed by atoms with Crippen LogP contribution in [0.5, 0.6) is 0 Å². The maximum atomic E-state index is 12.3. The SMILES string of the molecule is CC(NC(=O)c1ccc(C(C)(C)C)cc1)C(=O)N(C)CC1CC1. The molecule has 1 atom stereocenters. The molecular formula is C19H28N2O2. The average Bonchev–Trinajstić information content (AvgIpc) is 3.29. The van der Waals surface area contributed by atoms with Crippen molar-refractivity contribution in [3.8, 4) is 0 Å². The lowest BCUT2D eigenvalue weighted by Gasteiger charge is -2.22. The topological polar surface area (TPSA) is 49.4 Å². The Bertz CT molecular complexity index is 568. The fraction of sp³-hybridized carbons (Fsp3) is 0.579. The minimum Gasteiger partial charge on any atom is -0.344 e. The lowest BCUT2D eigenvalue weighted by molar-refractivity contribution is -0.131. The van der Waals surface area contributed by atoms with Gasteiger partial charge in [-0.3, -0.25) is 9.59 Å². The third-order valence-corrected chi connectivity index (χ3v) is 4.34. The van der Waals surface area contributed by atoms with E-state index in [1.165, 1.54) is 18.4 Å². The predicted octanol–water partition coefficient (Wildman–Crippen LogP) is 2.97. The molecule has 1 fully saturated rings. The van der Waals surface area contributed by atoms with E-state index < -0.39 is 6.04 Å². The van der Waals surface area contributed by atoms with Gasteiger partial charge in [0.05, 0.1) is 0 Å².